The Morgan fingerprint density at radius 2 is 1.42 bits per heavy atom. The summed E-state index contributed by atoms with van der Waals surface area (Å²) in [6.45, 7) is 1.61. The van der Waals surface area contributed by atoms with Gasteiger partial charge in [-0.05, 0) is 49.1 Å². The molecule has 1 fully saturated rings. The van der Waals surface area contributed by atoms with E-state index >= 15 is 0 Å². The van der Waals surface area contributed by atoms with Gasteiger partial charge in [0.1, 0.15) is 5.70 Å². The number of rotatable bonds is 3. The first-order chi connectivity index (χ1) is 12.7. The van der Waals surface area contributed by atoms with E-state index in [1.165, 1.54) is 4.90 Å². The Bertz CT molecular complexity index is 869. The molecule has 0 saturated carbocycles. The number of likely N-dealkylation sites (tertiary alicyclic amines) is 1. The third kappa shape index (κ3) is 2.90. The fraction of sp³-hybridized carbons (Fsp3) is 0.238. The van der Waals surface area contributed by atoms with Crippen LogP contribution in [0.3, 0.4) is 0 Å². The summed E-state index contributed by atoms with van der Waals surface area (Å²) < 4.78 is 0. The Morgan fingerprint density at radius 1 is 0.769 bits per heavy atom. The van der Waals surface area contributed by atoms with Gasteiger partial charge in [0, 0.05) is 18.1 Å². The van der Waals surface area contributed by atoms with Gasteiger partial charge in [0.25, 0.3) is 11.8 Å². The molecule has 0 atom stereocenters. The van der Waals surface area contributed by atoms with Crippen molar-refractivity contribution >= 4 is 34.7 Å². The van der Waals surface area contributed by atoms with Gasteiger partial charge in [0.05, 0.1) is 11.3 Å². The number of amides is 2. The Morgan fingerprint density at radius 3 is 2.08 bits per heavy atom. The third-order valence-electron chi connectivity index (χ3n) is 4.88. The molecule has 4 nitrogen and oxygen atoms in total. The number of carbonyl (C=O) groups is 2. The van der Waals surface area contributed by atoms with Crippen LogP contribution < -0.4 is 4.90 Å². The molecule has 0 spiro atoms. The van der Waals surface area contributed by atoms with Crippen LogP contribution in [0.25, 0.3) is 5.57 Å². The fourth-order valence-corrected chi connectivity index (χ4v) is 3.74. The summed E-state index contributed by atoms with van der Waals surface area (Å²) in [5.74, 6) is -0.526. The van der Waals surface area contributed by atoms with Crippen LogP contribution in [0, 0.1) is 0 Å². The predicted molar refractivity (Wildman–Crippen MR) is 103 cm³/mol. The number of nitrogens with zero attached hydrogens (tertiary/aromatic N) is 2. The number of benzene rings is 2. The lowest BCUT2D eigenvalue weighted by atomic mass is 10.0. The first kappa shape index (κ1) is 16.9. The minimum absolute atomic E-state index is 0.252. The quantitative estimate of drug-likeness (QED) is 0.767. The Hall–Kier alpha value is -2.59. The molecule has 5 heteroatoms. The van der Waals surface area contributed by atoms with Crippen LogP contribution in [0.1, 0.15) is 24.8 Å². The molecular formula is C21H19ClN2O2. The van der Waals surface area contributed by atoms with Crippen molar-refractivity contribution in [3.8, 4) is 0 Å². The lowest BCUT2D eigenvalue weighted by Crippen LogP contribution is -2.37. The first-order valence-corrected chi connectivity index (χ1v) is 9.23. The molecule has 2 amide bonds. The second kappa shape index (κ2) is 6.96. The van der Waals surface area contributed by atoms with Crippen molar-refractivity contribution in [3.05, 3.63) is 70.9 Å². The van der Waals surface area contributed by atoms with Gasteiger partial charge in [-0.3, -0.25) is 9.59 Å². The molecule has 1 saturated heterocycles. The van der Waals surface area contributed by atoms with Gasteiger partial charge in [-0.25, -0.2) is 4.90 Å². The molecule has 0 bridgehead atoms. The highest BCUT2D eigenvalue weighted by atomic mass is 35.5. The zero-order valence-corrected chi connectivity index (χ0v) is 15.1. The summed E-state index contributed by atoms with van der Waals surface area (Å²) >= 11 is 5.96. The molecule has 2 aliphatic rings. The maximum atomic E-state index is 13.3. The van der Waals surface area contributed by atoms with Crippen LogP contribution in [0.15, 0.2) is 60.3 Å². The molecule has 0 N–H and O–H groups in total. The van der Waals surface area contributed by atoms with Crippen LogP contribution >= 0.6 is 11.6 Å². The monoisotopic (exact) mass is 366 g/mol. The van der Waals surface area contributed by atoms with Crippen LogP contribution in [0.2, 0.25) is 5.02 Å². The second-order valence-electron chi connectivity index (χ2n) is 6.56. The predicted octanol–water partition coefficient (Wildman–Crippen LogP) is 4.11. The van der Waals surface area contributed by atoms with E-state index in [9.17, 15) is 9.59 Å². The van der Waals surface area contributed by atoms with Crippen molar-refractivity contribution in [3.63, 3.8) is 0 Å². The number of piperidine rings is 1. The number of carbonyl (C=O) groups excluding carboxylic acids is 2. The molecule has 2 aromatic rings. The lowest BCUT2D eigenvalue weighted by molar-refractivity contribution is -0.120. The van der Waals surface area contributed by atoms with E-state index in [2.05, 4.69) is 4.90 Å². The third-order valence-corrected chi connectivity index (χ3v) is 5.13. The standard InChI is InChI=1S/C21H19ClN2O2/c22-16-9-11-17(12-10-16)24-20(25)18(15-7-3-1-4-8-15)19(21(24)26)23-13-5-2-6-14-23/h1,3-4,7-12H,2,5-6,13-14H2. The van der Waals surface area contributed by atoms with Crippen LogP contribution in [-0.2, 0) is 9.59 Å². The number of halogens is 1. The average Bonchev–Trinajstić information content (AvgIpc) is 2.94. The number of anilines is 1. The zero-order chi connectivity index (χ0) is 18.1. The van der Waals surface area contributed by atoms with E-state index in [0.717, 1.165) is 37.9 Å². The number of hydrogen-bond donors (Lipinski definition) is 0. The first-order valence-electron chi connectivity index (χ1n) is 8.86. The highest BCUT2D eigenvalue weighted by molar-refractivity contribution is 6.45. The fourth-order valence-electron chi connectivity index (χ4n) is 3.62. The molecule has 132 valence electrons. The molecule has 0 aromatic heterocycles. The summed E-state index contributed by atoms with van der Waals surface area (Å²) in [7, 11) is 0. The van der Waals surface area contributed by atoms with Crippen LogP contribution in [0.4, 0.5) is 5.69 Å². The van der Waals surface area contributed by atoms with Gasteiger partial charge in [0.15, 0.2) is 0 Å². The van der Waals surface area contributed by atoms with Crippen LogP contribution in [-0.4, -0.2) is 29.8 Å². The molecule has 0 unspecified atom stereocenters. The van der Waals surface area contributed by atoms with Gasteiger partial charge in [0.2, 0.25) is 0 Å². The van der Waals surface area contributed by atoms with E-state index < -0.39 is 0 Å². The van der Waals surface area contributed by atoms with Gasteiger partial charge in [-0.2, -0.15) is 0 Å². The second-order valence-corrected chi connectivity index (χ2v) is 7.00. The van der Waals surface area contributed by atoms with Crippen LogP contribution in [0.5, 0.6) is 0 Å². The van der Waals surface area contributed by atoms with Crippen molar-refractivity contribution in [2.24, 2.45) is 0 Å². The van der Waals surface area contributed by atoms with Gasteiger partial charge in [-0.1, -0.05) is 41.9 Å². The minimum Gasteiger partial charge on any atom is -0.366 e. The number of imide groups is 1. The normalized spacial score (nSPS) is 18.0. The van der Waals surface area contributed by atoms with Crippen molar-refractivity contribution in [1.82, 2.24) is 4.90 Å². The van der Waals surface area contributed by atoms with E-state index in [1.807, 2.05) is 30.3 Å². The Labute approximate surface area is 157 Å². The van der Waals surface area contributed by atoms with Gasteiger partial charge in [-0.15, -0.1) is 0 Å². The highest BCUT2D eigenvalue weighted by Gasteiger charge is 2.42. The van der Waals surface area contributed by atoms with E-state index in [4.69, 9.17) is 11.6 Å². The van der Waals surface area contributed by atoms with Gasteiger partial charge < -0.3 is 4.90 Å². The van der Waals surface area contributed by atoms with Crippen molar-refractivity contribution in [2.75, 3.05) is 18.0 Å². The topological polar surface area (TPSA) is 40.6 Å². The SMILES string of the molecule is O=C1C(c2ccccc2)=C(N2CCCCC2)C(=O)N1c1ccc(Cl)cc1. The summed E-state index contributed by atoms with van der Waals surface area (Å²) in [6.07, 6.45) is 3.23. The highest BCUT2D eigenvalue weighted by Crippen LogP contribution is 2.36. The Kier molecular flexibility index (Phi) is 4.51. The lowest BCUT2D eigenvalue weighted by Gasteiger charge is -2.29. The van der Waals surface area contributed by atoms with Crippen molar-refractivity contribution in [1.29, 1.82) is 0 Å². The summed E-state index contributed by atoms with van der Waals surface area (Å²) in [5, 5.41) is 0.570. The number of hydrogen-bond acceptors (Lipinski definition) is 3. The molecule has 0 radical (unpaired) electrons. The molecule has 2 heterocycles. The van der Waals surface area contributed by atoms with Crippen molar-refractivity contribution in [2.45, 2.75) is 19.3 Å². The van der Waals surface area contributed by atoms with Crippen molar-refractivity contribution < 1.29 is 9.59 Å². The summed E-state index contributed by atoms with van der Waals surface area (Å²) in [6, 6.07) is 16.3. The molecule has 0 aliphatic carbocycles. The smallest absolute Gasteiger partial charge is 0.282 e. The largest absolute Gasteiger partial charge is 0.366 e. The molecular weight excluding hydrogens is 348 g/mol. The van der Waals surface area contributed by atoms with E-state index in [0.29, 0.717) is 22.0 Å². The van der Waals surface area contributed by atoms with Gasteiger partial charge >= 0.3 is 0 Å². The van der Waals surface area contributed by atoms with E-state index in [-0.39, 0.29) is 11.8 Å². The molecule has 4 rings (SSSR count). The zero-order valence-electron chi connectivity index (χ0n) is 14.3. The maximum Gasteiger partial charge on any atom is 0.282 e. The summed E-state index contributed by atoms with van der Waals surface area (Å²) in [4.78, 5) is 29.8. The molecule has 2 aromatic carbocycles. The van der Waals surface area contributed by atoms with E-state index in [1.54, 1.807) is 24.3 Å². The maximum absolute atomic E-state index is 13.3. The average molecular weight is 367 g/mol. The minimum atomic E-state index is -0.274. The summed E-state index contributed by atoms with van der Waals surface area (Å²) in [5.41, 5.74) is 2.34. The molecule has 2 aliphatic heterocycles. The Balaban J connectivity index is 1.81. The molecule has 26 heavy (non-hydrogen) atoms.